The third-order valence-electron chi connectivity index (χ3n) is 1.65. The van der Waals surface area contributed by atoms with E-state index >= 15 is 0 Å². The van der Waals surface area contributed by atoms with Crippen molar-refractivity contribution >= 4 is 50.9 Å². The summed E-state index contributed by atoms with van der Waals surface area (Å²) in [7, 11) is -3.89. The van der Waals surface area contributed by atoms with Crippen LogP contribution in [0.1, 0.15) is 6.92 Å². The second-order valence-corrected chi connectivity index (χ2v) is 6.88. The van der Waals surface area contributed by atoms with Crippen molar-refractivity contribution in [1.82, 2.24) is 4.31 Å². The average molecular weight is 296 g/mol. The molecule has 1 aliphatic rings. The maximum absolute atomic E-state index is 11.5. The summed E-state index contributed by atoms with van der Waals surface area (Å²) < 4.78 is 26.9. The van der Waals surface area contributed by atoms with Crippen LogP contribution in [0.3, 0.4) is 0 Å². The molecule has 0 saturated carbocycles. The molecule has 0 fully saturated rings. The second-order valence-electron chi connectivity index (χ2n) is 2.84. The summed E-state index contributed by atoms with van der Waals surface area (Å²) in [5.74, 6) is 0.374. The Kier molecular flexibility index (Phi) is 4.11. The lowest BCUT2D eigenvalue weighted by Gasteiger charge is -2.19. The Morgan fingerprint density at radius 3 is 2.53 bits per heavy atom. The van der Waals surface area contributed by atoms with E-state index in [-0.39, 0.29) is 6.54 Å². The zero-order valence-corrected chi connectivity index (χ0v) is 10.9. The second kappa shape index (κ2) is 4.63. The molecule has 0 atom stereocenters. The summed E-state index contributed by atoms with van der Waals surface area (Å²) in [5.41, 5.74) is 0. The van der Waals surface area contributed by atoms with E-state index in [2.05, 4.69) is 9.18 Å². The molecule has 0 unspecified atom stereocenters. The molecule has 0 aromatic carbocycles. The monoisotopic (exact) mass is 294 g/mol. The van der Waals surface area contributed by atoms with E-state index in [9.17, 15) is 8.42 Å². The van der Waals surface area contributed by atoms with Gasteiger partial charge in [-0.05, 0) is 6.92 Å². The molecular weight excluding hydrogens is 287 g/mol. The number of nitrogens with zero attached hydrogens (tertiary/aromatic N) is 2. The van der Waals surface area contributed by atoms with Crippen LogP contribution in [0, 0.1) is 0 Å². The van der Waals surface area contributed by atoms with Crippen molar-refractivity contribution in [3.05, 3.63) is 0 Å². The lowest BCUT2D eigenvalue weighted by Crippen LogP contribution is -2.35. The fourth-order valence-corrected chi connectivity index (χ4v) is 2.52. The number of aliphatic imine (C=N–C) groups is 1. The molecule has 9 heteroatoms. The Balaban J connectivity index is 2.64. The lowest BCUT2D eigenvalue weighted by atomic mass is 10.7. The van der Waals surface area contributed by atoms with E-state index in [0.29, 0.717) is 12.4 Å². The van der Waals surface area contributed by atoms with Crippen LogP contribution in [-0.2, 0) is 14.5 Å². The Morgan fingerprint density at radius 2 is 2.13 bits per heavy atom. The highest BCUT2D eigenvalue weighted by atomic mass is 35.6. The summed E-state index contributed by atoms with van der Waals surface area (Å²) in [6.07, 6.45) is 0. The van der Waals surface area contributed by atoms with Gasteiger partial charge in [-0.25, -0.2) is 8.49 Å². The molecular formula is C6H9Cl3N2O3S. The number of alkyl halides is 3. The molecule has 0 N–H and O–H groups in total. The van der Waals surface area contributed by atoms with Crippen LogP contribution in [0.5, 0.6) is 0 Å². The van der Waals surface area contributed by atoms with Gasteiger partial charge in [0.25, 0.3) is 0 Å². The Labute approximate surface area is 103 Å². The van der Waals surface area contributed by atoms with Crippen molar-refractivity contribution in [3.63, 3.8) is 0 Å². The maximum Gasteiger partial charge on any atom is 0.363 e. The molecule has 0 amide bonds. The van der Waals surface area contributed by atoms with Gasteiger partial charge in [0, 0.05) is 0 Å². The fraction of sp³-hybridized carbons (Fsp3) is 0.833. The van der Waals surface area contributed by atoms with Gasteiger partial charge in [0.15, 0.2) is 0 Å². The van der Waals surface area contributed by atoms with Gasteiger partial charge >= 0.3 is 10.3 Å². The molecule has 0 aliphatic carbocycles. The smallest absolute Gasteiger partial charge is 0.270 e. The third kappa shape index (κ3) is 3.96. The summed E-state index contributed by atoms with van der Waals surface area (Å²) in [6.45, 7) is 1.73. The predicted molar refractivity (Wildman–Crippen MR) is 59.8 cm³/mol. The van der Waals surface area contributed by atoms with E-state index in [1.807, 2.05) is 0 Å². The van der Waals surface area contributed by atoms with Crippen LogP contribution in [0.15, 0.2) is 4.99 Å². The SMILES string of the molecule is CC1=NCCN1S(=O)(=O)OCC(Cl)(Cl)Cl. The topological polar surface area (TPSA) is 59.0 Å². The van der Waals surface area contributed by atoms with E-state index in [0.717, 1.165) is 4.31 Å². The van der Waals surface area contributed by atoms with Crippen molar-refractivity contribution in [2.75, 3.05) is 19.7 Å². The largest absolute Gasteiger partial charge is 0.363 e. The molecule has 0 spiro atoms. The van der Waals surface area contributed by atoms with Gasteiger partial charge in [-0.1, -0.05) is 34.8 Å². The van der Waals surface area contributed by atoms with Crippen molar-refractivity contribution in [1.29, 1.82) is 0 Å². The van der Waals surface area contributed by atoms with E-state index in [1.165, 1.54) is 0 Å². The first-order valence-electron chi connectivity index (χ1n) is 3.97. The zero-order valence-electron chi connectivity index (χ0n) is 7.78. The molecule has 0 bridgehead atoms. The van der Waals surface area contributed by atoms with Crippen molar-refractivity contribution in [3.8, 4) is 0 Å². The number of hydrogen-bond donors (Lipinski definition) is 0. The number of halogens is 3. The summed E-state index contributed by atoms with van der Waals surface area (Å²) in [6, 6.07) is 0. The molecule has 0 aromatic rings. The first-order valence-corrected chi connectivity index (χ1v) is 6.47. The van der Waals surface area contributed by atoms with Crippen molar-refractivity contribution in [2.24, 2.45) is 4.99 Å². The molecule has 5 nitrogen and oxygen atoms in total. The van der Waals surface area contributed by atoms with E-state index in [4.69, 9.17) is 34.8 Å². The fourth-order valence-electron chi connectivity index (χ4n) is 1.02. The summed E-state index contributed by atoms with van der Waals surface area (Å²) in [4.78, 5) is 3.91. The van der Waals surface area contributed by atoms with Gasteiger partial charge in [0.05, 0.1) is 13.1 Å². The van der Waals surface area contributed by atoms with Gasteiger partial charge < -0.3 is 0 Å². The Morgan fingerprint density at radius 1 is 1.53 bits per heavy atom. The van der Waals surface area contributed by atoms with Crippen molar-refractivity contribution in [2.45, 2.75) is 10.7 Å². The van der Waals surface area contributed by atoms with E-state index < -0.39 is 20.7 Å². The number of hydrogen-bond acceptors (Lipinski definition) is 4. The van der Waals surface area contributed by atoms with Gasteiger partial charge in [-0.15, -0.1) is 0 Å². The van der Waals surface area contributed by atoms with Gasteiger partial charge in [0.2, 0.25) is 3.79 Å². The molecule has 1 heterocycles. The van der Waals surface area contributed by atoms with Crippen LogP contribution < -0.4 is 0 Å². The maximum atomic E-state index is 11.5. The molecule has 15 heavy (non-hydrogen) atoms. The quantitative estimate of drug-likeness (QED) is 0.739. The third-order valence-corrected chi connectivity index (χ3v) is 3.38. The first-order chi connectivity index (χ1) is 6.72. The van der Waals surface area contributed by atoms with E-state index in [1.54, 1.807) is 6.92 Å². The normalized spacial score (nSPS) is 18.1. The van der Waals surface area contributed by atoms with Crippen molar-refractivity contribution < 1.29 is 12.6 Å². The minimum atomic E-state index is -3.89. The minimum Gasteiger partial charge on any atom is -0.270 e. The van der Waals surface area contributed by atoms with Crippen LogP contribution in [0.25, 0.3) is 0 Å². The molecule has 1 rings (SSSR count). The highest BCUT2D eigenvalue weighted by molar-refractivity contribution is 7.84. The van der Waals surface area contributed by atoms with Crippen LogP contribution in [0.2, 0.25) is 0 Å². The van der Waals surface area contributed by atoms with Crippen LogP contribution in [0.4, 0.5) is 0 Å². The van der Waals surface area contributed by atoms with Gasteiger partial charge in [-0.3, -0.25) is 4.99 Å². The Hall–Kier alpha value is 0.250. The Bertz CT molecular complexity index is 362. The standard InChI is InChI=1S/C6H9Cl3N2O3S/c1-5-10-2-3-11(5)15(12,13)14-4-6(7,8)9/h2-4H2,1H3. The van der Waals surface area contributed by atoms with Gasteiger partial charge in [-0.2, -0.15) is 8.42 Å². The number of rotatable bonds is 3. The molecule has 1 aliphatic heterocycles. The zero-order chi connectivity index (χ0) is 11.7. The molecule has 0 saturated heterocycles. The average Bonchev–Trinajstić information content (AvgIpc) is 2.47. The predicted octanol–water partition coefficient (Wildman–Crippen LogP) is 1.35. The molecule has 0 aromatic heterocycles. The summed E-state index contributed by atoms with van der Waals surface area (Å²) >= 11 is 16.1. The van der Waals surface area contributed by atoms with Gasteiger partial charge in [0.1, 0.15) is 12.4 Å². The van der Waals surface area contributed by atoms with Crippen LogP contribution >= 0.6 is 34.8 Å². The highest BCUT2D eigenvalue weighted by Gasteiger charge is 2.31. The highest BCUT2D eigenvalue weighted by Crippen LogP contribution is 2.27. The molecule has 0 radical (unpaired) electrons. The molecule has 88 valence electrons. The first kappa shape index (κ1) is 13.3. The summed E-state index contributed by atoms with van der Waals surface area (Å²) in [5, 5.41) is 0. The minimum absolute atomic E-state index is 0.258. The lowest BCUT2D eigenvalue weighted by molar-refractivity contribution is 0.300. The number of amidine groups is 1. The van der Waals surface area contributed by atoms with Crippen LogP contribution in [-0.4, -0.2) is 42.0 Å².